The number of hydrogen-bond acceptors (Lipinski definition) is 6. The zero-order valence-electron chi connectivity index (χ0n) is 14.9. The van der Waals surface area contributed by atoms with Crippen LogP contribution in [-0.4, -0.2) is 73.5 Å². The van der Waals surface area contributed by atoms with Gasteiger partial charge in [-0.25, -0.2) is 0 Å². The summed E-state index contributed by atoms with van der Waals surface area (Å²) in [7, 11) is 3.70. The first-order valence-electron chi connectivity index (χ1n) is 8.64. The second kappa shape index (κ2) is 9.54. The highest BCUT2D eigenvalue weighted by molar-refractivity contribution is 5.81. The summed E-state index contributed by atoms with van der Waals surface area (Å²) in [5.41, 5.74) is 0. The van der Waals surface area contributed by atoms with Crippen molar-refractivity contribution < 1.29 is 9.53 Å². The second-order valence-corrected chi connectivity index (χ2v) is 6.30. The van der Waals surface area contributed by atoms with Crippen molar-refractivity contribution in [3.05, 3.63) is 18.3 Å². The average Bonchev–Trinajstić information content (AvgIpc) is 2.64. The maximum absolute atomic E-state index is 12.3. The Hall–Kier alpha value is -1.73. The first-order chi connectivity index (χ1) is 11.6. The molecule has 2 rings (SSSR count). The summed E-state index contributed by atoms with van der Waals surface area (Å²) in [5, 5.41) is 11.1. The molecule has 24 heavy (non-hydrogen) atoms. The average molecular weight is 335 g/mol. The number of methoxy groups -OCH3 is 1. The first kappa shape index (κ1) is 18.6. The van der Waals surface area contributed by atoms with E-state index in [1.807, 2.05) is 26.1 Å². The lowest BCUT2D eigenvalue weighted by Gasteiger charge is -2.40. The summed E-state index contributed by atoms with van der Waals surface area (Å²) < 4.78 is 5.00. The first-order valence-corrected chi connectivity index (χ1v) is 8.64. The third-order valence-electron chi connectivity index (χ3n) is 4.67. The van der Waals surface area contributed by atoms with Crippen LogP contribution in [0.3, 0.4) is 0 Å². The fourth-order valence-corrected chi connectivity index (χ4v) is 3.03. The van der Waals surface area contributed by atoms with Crippen LogP contribution in [0, 0.1) is 0 Å². The van der Waals surface area contributed by atoms with E-state index in [0.29, 0.717) is 19.2 Å². The summed E-state index contributed by atoms with van der Waals surface area (Å²) in [6, 6.07) is 4.08. The normalized spacial score (nSPS) is 19.3. The van der Waals surface area contributed by atoms with Crippen molar-refractivity contribution in [1.29, 1.82) is 0 Å². The van der Waals surface area contributed by atoms with Crippen LogP contribution in [-0.2, 0) is 9.53 Å². The molecule has 0 bridgehead atoms. The Balaban J connectivity index is 1.86. The molecule has 2 atom stereocenters. The molecule has 2 heterocycles. The fourth-order valence-electron chi connectivity index (χ4n) is 3.03. The van der Waals surface area contributed by atoms with Crippen LogP contribution < -0.4 is 10.2 Å². The topological polar surface area (TPSA) is 70.6 Å². The number of carbonyl (C=O) groups is 1. The maximum Gasteiger partial charge on any atom is 0.237 e. The molecule has 1 aromatic rings. The molecule has 0 unspecified atom stereocenters. The monoisotopic (exact) mass is 335 g/mol. The summed E-state index contributed by atoms with van der Waals surface area (Å²) in [5.74, 6) is 0.984. The Morgan fingerprint density at radius 3 is 3.12 bits per heavy atom. The van der Waals surface area contributed by atoms with Gasteiger partial charge < -0.3 is 15.0 Å². The third kappa shape index (κ3) is 5.14. The zero-order chi connectivity index (χ0) is 17.4. The number of ether oxygens (including phenoxy) is 1. The number of piperidine rings is 1. The van der Waals surface area contributed by atoms with E-state index in [-0.39, 0.29) is 11.9 Å². The molecular formula is C17H29N5O2. The molecule has 1 aromatic heterocycles. The van der Waals surface area contributed by atoms with E-state index in [1.165, 1.54) is 0 Å². The SMILES string of the molecule is COCCCNC(=O)[C@@H](C)N(C)[C@@H]1CCCN(c2cccnn2)C1. The molecule has 1 aliphatic rings. The van der Waals surface area contributed by atoms with Gasteiger partial charge in [-0.3, -0.25) is 9.69 Å². The molecule has 0 aliphatic carbocycles. The van der Waals surface area contributed by atoms with E-state index in [1.54, 1.807) is 13.3 Å². The van der Waals surface area contributed by atoms with Crippen molar-refractivity contribution in [2.45, 2.75) is 38.3 Å². The van der Waals surface area contributed by atoms with Crippen molar-refractivity contribution in [1.82, 2.24) is 20.4 Å². The van der Waals surface area contributed by atoms with Gasteiger partial charge in [0, 0.05) is 45.6 Å². The molecule has 7 nitrogen and oxygen atoms in total. The van der Waals surface area contributed by atoms with Crippen molar-refractivity contribution in [2.75, 3.05) is 45.3 Å². The quantitative estimate of drug-likeness (QED) is 0.713. The number of nitrogens with zero attached hydrogens (tertiary/aromatic N) is 4. The molecule has 1 amide bonds. The molecule has 0 saturated carbocycles. The van der Waals surface area contributed by atoms with Gasteiger partial charge in [0.1, 0.15) is 0 Å². The van der Waals surface area contributed by atoms with Crippen LogP contribution >= 0.6 is 0 Å². The van der Waals surface area contributed by atoms with Gasteiger partial charge >= 0.3 is 0 Å². The lowest BCUT2D eigenvalue weighted by Crippen LogP contribution is -2.53. The zero-order valence-corrected chi connectivity index (χ0v) is 14.9. The van der Waals surface area contributed by atoms with Gasteiger partial charge in [0.25, 0.3) is 0 Å². The minimum atomic E-state index is -0.153. The lowest BCUT2D eigenvalue weighted by molar-refractivity contribution is -0.126. The Morgan fingerprint density at radius 1 is 1.58 bits per heavy atom. The highest BCUT2D eigenvalue weighted by Crippen LogP contribution is 2.20. The molecule has 7 heteroatoms. The van der Waals surface area contributed by atoms with E-state index in [4.69, 9.17) is 4.74 Å². The number of amides is 1. The predicted molar refractivity (Wildman–Crippen MR) is 94.0 cm³/mol. The molecule has 0 aromatic carbocycles. The van der Waals surface area contributed by atoms with Gasteiger partial charge in [-0.1, -0.05) is 0 Å². The Labute approximate surface area is 144 Å². The van der Waals surface area contributed by atoms with E-state index in [2.05, 4.69) is 25.3 Å². The number of likely N-dealkylation sites (N-methyl/N-ethyl adjacent to an activating group) is 1. The minimum Gasteiger partial charge on any atom is -0.385 e. The summed E-state index contributed by atoms with van der Waals surface area (Å²) >= 11 is 0. The largest absolute Gasteiger partial charge is 0.385 e. The van der Waals surface area contributed by atoms with E-state index >= 15 is 0 Å². The van der Waals surface area contributed by atoms with Gasteiger partial charge in [-0.05, 0) is 45.4 Å². The summed E-state index contributed by atoms with van der Waals surface area (Å²) in [6.45, 7) is 5.14. The van der Waals surface area contributed by atoms with Crippen LogP contribution in [0.25, 0.3) is 0 Å². The van der Waals surface area contributed by atoms with Gasteiger partial charge in [0.2, 0.25) is 5.91 Å². The highest BCUT2D eigenvalue weighted by Gasteiger charge is 2.29. The van der Waals surface area contributed by atoms with Gasteiger partial charge in [0.15, 0.2) is 5.82 Å². The maximum atomic E-state index is 12.3. The van der Waals surface area contributed by atoms with Gasteiger partial charge in [0.05, 0.1) is 6.04 Å². The fraction of sp³-hybridized carbons (Fsp3) is 0.706. The molecule has 1 fully saturated rings. The van der Waals surface area contributed by atoms with Crippen molar-refractivity contribution >= 4 is 11.7 Å². The molecule has 0 spiro atoms. The number of anilines is 1. The smallest absolute Gasteiger partial charge is 0.237 e. The van der Waals surface area contributed by atoms with Crippen molar-refractivity contribution in [3.63, 3.8) is 0 Å². The van der Waals surface area contributed by atoms with Crippen LogP contribution in [0.2, 0.25) is 0 Å². The number of nitrogens with one attached hydrogen (secondary N) is 1. The van der Waals surface area contributed by atoms with Crippen molar-refractivity contribution in [3.8, 4) is 0 Å². The predicted octanol–water partition coefficient (Wildman–Crippen LogP) is 0.918. The van der Waals surface area contributed by atoms with E-state index < -0.39 is 0 Å². The van der Waals surface area contributed by atoms with E-state index in [9.17, 15) is 4.79 Å². The third-order valence-corrected chi connectivity index (χ3v) is 4.67. The molecule has 134 valence electrons. The lowest BCUT2D eigenvalue weighted by atomic mass is 10.0. The van der Waals surface area contributed by atoms with Crippen LogP contribution in [0.4, 0.5) is 5.82 Å². The molecule has 1 aliphatic heterocycles. The molecular weight excluding hydrogens is 306 g/mol. The molecule has 1 saturated heterocycles. The number of carbonyl (C=O) groups excluding carboxylic acids is 1. The van der Waals surface area contributed by atoms with Gasteiger partial charge in [-0.2, -0.15) is 5.10 Å². The highest BCUT2D eigenvalue weighted by atomic mass is 16.5. The van der Waals surface area contributed by atoms with Crippen LogP contribution in [0.5, 0.6) is 0 Å². The Bertz CT molecular complexity index is 499. The summed E-state index contributed by atoms with van der Waals surface area (Å²) in [6.07, 6.45) is 4.71. The Kier molecular flexibility index (Phi) is 7.39. The second-order valence-electron chi connectivity index (χ2n) is 6.30. The number of aromatic nitrogens is 2. The van der Waals surface area contributed by atoms with Crippen LogP contribution in [0.1, 0.15) is 26.2 Å². The van der Waals surface area contributed by atoms with Crippen molar-refractivity contribution in [2.24, 2.45) is 0 Å². The summed E-state index contributed by atoms with van der Waals surface area (Å²) in [4.78, 5) is 16.7. The van der Waals surface area contributed by atoms with Gasteiger partial charge in [-0.15, -0.1) is 5.10 Å². The Morgan fingerprint density at radius 2 is 2.42 bits per heavy atom. The number of rotatable bonds is 8. The standard InChI is InChI=1S/C17H29N5O2/c1-14(17(23)18-9-6-12-24-3)21(2)15-7-5-11-22(13-15)16-8-4-10-19-20-16/h4,8,10,14-15H,5-7,9,11-13H2,1-3H3,(H,18,23)/t14-,15-/m1/s1. The number of hydrogen-bond donors (Lipinski definition) is 1. The van der Waals surface area contributed by atoms with E-state index in [0.717, 1.165) is 38.2 Å². The van der Waals surface area contributed by atoms with Crippen LogP contribution in [0.15, 0.2) is 18.3 Å². The molecule has 0 radical (unpaired) electrons. The minimum absolute atomic E-state index is 0.0743. The molecule has 1 N–H and O–H groups in total.